The summed E-state index contributed by atoms with van der Waals surface area (Å²) in [7, 11) is 0. The standard InChI is InChI=1S/C20H17F3N4O3/c21-20(22,23)12-7-5-11(6-8-12)17(28)19(30)27-16(18(24)29)9-13-10-25-14-3-1-2-4-15(14)26-13/h1-8,10,16-17,28H,9H2,(H2,24,29)(H,27,30)/t16-,17+/m0/s1. The minimum absolute atomic E-state index is 0.0609. The van der Waals surface area contributed by atoms with Crippen LogP contribution in [-0.4, -0.2) is 32.9 Å². The number of carbonyl (C=O) groups excluding carboxylic acids is 2. The average Bonchev–Trinajstić information content (AvgIpc) is 2.72. The molecule has 0 saturated carbocycles. The number of aliphatic hydroxyl groups is 1. The second-order valence-electron chi connectivity index (χ2n) is 6.54. The van der Waals surface area contributed by atoms with E-state index in [0.29, 0.717) is 16.7 Å². The van der Waals surface area contributed by atoms with Crippen molar-refractivity contribution in [2.45, 2.75) is 24.7 Å². The molecule has 0 fully saturated rings. The van der Waals surface area contributed by atoms with Gasteiger partial charge in [-0.15, -0.1) is 0 Å². The molecule has 0 saturated heterocycles. The van der Waals surface area contributed by atoms with Crippen molar-refractivity contribution >= 4 is 22.8 Å². The molecule has 0 aliphatic carbocycles. The summed E-state index contributed by atoms with van der Waals surface area (Å²) in [4.78, 5) is 32.6. The Balaban J connectivity index is 1.72. The number of nitrogens with zero attached hydrogens (tertiary/aromatic N) is 2. The maximum absolute atomic E-state index is 12.6. The van der Waals surface area contributed by atoms with E-state index in [9.17, 15) is 27.9 Å². The SMILES string of the molecule is NC(=O)[C@H](Cc1cnc2ccccc2n1)NC(=O)[C@H](O)c1ccc(C(F)(F)F)cc1. The van der Waals surface area contributed by atoms with E-state index in [0.717, 1.165) is 24.3 Å². The maximum atomic E-state index is 12.6. The third-order valence-corrected chi connectivity index (χ3v) is 4.37. The van der Waals surface area contributed by atoms with Gasteiger partial charge in [-0.3, -0.25) is 14.6 Å². The van der Waals surface area contributed by atoms with Crippen molar-refractivity contribution in [1.29, 1.82) is 0 Å². The monoisotopic (exact) mass is 418 g/mol. The van der Waals surface area contributed by atoms with Crippen LogP contribution in [-0.2, 0) is 22.2 Å². The molecule has 0 bridgehead atoms. The molecule has 1 aromatic heterocycles. The first-order valence-electron chi connectivity index (χ1n) is 8.80. The number of nitrogens with two attached hydrogens (primary N) is 1. The lowest BCUT2D eigenvalue weighted by Gasteiger charge is -2.18. The van der Waals surface area contributed by atoms with Gasteiger partial charge in [-0.05, 0) is 29.8 Å². The van der Waals surface area contributed by atoms with Crippen LogP contribution in [0.15, 0.2) is 54.7 Å². The van der Waals surface area contributed by atoms with Crippen molar-refractivity contribution in [3.63, 3.8) is 0 Å². The first kappa shape index (κ1) is 21.2. The lowest BCUT2D eigenvalue weighted by Crippen LogP contribution is -2.47. The zero-order valence-electron chi connectivity index (χ0n) is 15.4. The number of nitrogens with one attached hydrogen (secondary N) is 1. The van der Waals surface area contributed by atoms with Gasteiger partial charge in [0, 0.05) is 12.6 Å². The third-order valence-electron chi connectivity index (χ3n) is 4.37. The summed E-state index contributed by atoms with van der Waals surface area (Å²) in [5.41, 5.74) is 6.00. The van der Waals surface area contributed by atoms with Gasteiger partial charge in [0.15, 0.2) is 6.10 Å². The number of aromatic nitrogens is 2. The van der Waals surface area contributed by atoms with E-state index in [1.54, 1.807) is 24.3 Å². The number of hydrogen-bond acceptors (Lipinski definition) is 5. The summed E-state index contributed by atoms with van der Waals surface area (Å²) >= 11 is 0. The third kappa shape index (κ3) is 4.90. The predicted octanol–water partition coefficient (Wildman–Crippen LogP) is 1.89. The van der Waals surface area contributed by atoms with E-state index in [1.165, 1.54) is 6.20 Å². The van der Waals surface area contributed by atoms with Gasteiger partial charge in [-0.25, -0.2) is 4.98 Å². The summed E-state index contributed by atoms with van der Waals surface area (Å²) in [6, 6.07) is 9.35. The van der Waals surface area contributed by atoms with Crippen molar-refractivity contribution < 1.29 is 27.9 Å². The fourth-order valence-corrected chi connectivity index (χ4v) is 2.78. The van der Waals surface area contributed by atoms with E-state index >= 15 is 0 Å². The van der Waals surface area contributed by atoms with Gasteiger partial charge < -0.3 is 16.2 Å². The number of aliphatic hydroxyl groups excluding tert-OH is 1. The van der Waals surface area contributed by atoms with Gasteiger partial charge in [0.25, 0.3) is 5.91 Å². The smallest absolute Gasteiger partial charge is 0.378 e. The molecule has 0 aliphatic rings. The highest BCUT2D eigenvalue weighted by atomic mass is 19.4. The van der Waals surface area contributed by atoms with Crippen LogP contribution >= 0.6 is 0 Å². The first-order valence-corrected chi connectivity index (χ1v) is 8.80. The van der Waals surface area contributed by atoms with Crippen molar-refractivity contribution in [1.82, 2.24) is 15.3 Å². The van der Waals surface area contributed by atoms with Crippen LogP contribution in [0.1, 0.15) is 22.9 Å². The number of benzene rings is 2. The molecule has 7 nitrogen and oxygen atoms in total. The zero-order chi connectivity index (χ0) is 21.9. The van der Waals surface area contributed by atoms with Gasteiger partial charge in [0.1, 0.15) is 6.04 Å². The average molecular weight is 418 g/mol. The van der Waals surface area contributed by atoms with Gasteiger partial charge in [0.2, 0.25) is 5.91 Å². The Morgan fingerprint density at radius 1 is 1.07 bits per heavy atom. The molecule has 0 aliphatic heterocycles. The molecular formula is C20H17F3N4O3. The van der Waals surface area contributed by atoms with Gasteiger partial charge in [0.05, 0.1) is 22.3 Å². The molecule has 30 heavy (non-hydrogen) atoms. The molecule has 3 rings (SSSR count). The normalized spacial score (nSPS) is 13.6. The Hall–Kier alpha value is -3.53. The van der Waals surface area contributed by atoms with Crippen molar-refractivity contribution in [3.05, 3.63) is 71.5 Å². The van der Waals surface area contributed by atoms with Crippen LogP contribution in [0.5, 0.6) is 0 Å². The Kier molecular flexibility index (Phi) is 5.97. The summed E-state index contributed by atoms with van der Waals surface area (Å²) < 4.78 is 37.9. The molecular weight excluding hydrogens is 401 g/mol. The van der Waals surface area contributed by atoms with Gasteiger partial charge in [-0.2, -0.15) is 13.2 Å². The molecule has 2 aromatic carbocycles. The highest BCUT2D eigenvalue weighted by Crippen LogP contribution is 2.30. The minimum atomic E-state index is -4.54. The highest BCUT2D eigenvalue weighted by molar-refractivity contribution is 5.89. The first-order chi connectivity index (χ1) is 14.1. The molecule has 3 aromatic rings. The summed E-state index contributed by atoms with van der Waals surface area (Å²) in [6.45, 7) is 0. The van der Waals surface area contributed by atoms with Crippen LogP contribution in [0.3, 0.4) is 0 Å². The molecule has 2 amide bonds. The van der Waals surface area contributed by atoms with Gasteiger partial charge in [-0.1, -0.05) is 24.3 Å². The number of para-hydroxylation sites is 2. The van der Waals surface area contributed by atoms with Crippen LogP contribution in [0.4, 0.5) is 13.2 Å². The number of halogens is 3. The lowest BCUT2D eigenvalue weighted by molar-refractivity contribution is -0.137. The second-order valence-corrected chi connectivity index (χ2v) is 6.54. The number of primary amides is 1. The van der Waals surface area contributed by atoms with E-state index in [4.69, 9.17) is 5.73 Å². The van der Waals surface area contributed by atoms with Gasteiger partial charge >= 0.3 is 6.18 Å². The zero-order valence-corrected chi connectivity index (χ0v) is 15.4. The van der Waals surface area contributed by atoms with Crippen molar-refractivity contribution in [2.75, 3.05) is 0 Å². The molecule has 0 radical (unpaired) electrons. The number of carbonyl (C=O) groups is 2. The quantitative estimate of drug-likeness (QED) is 0.565. The lowest BCUT2D eigenvalue weighted by atomic mass is 10.0. The highest BCUT2D eigenvalue weighted by Gasteiger charge is 2.31. The molecule has 10 heteroatoms. The minimum Gasteiger partial charge on any atom is -0.378 e. The molecule has 1 heterocycles. The molecule has 2 atom stereocenters. The summed E-state index contributed by atoms with van der Waals surface area (Å²) in [5.74, 6) is -1.84. The maximum Gasteiger partial charge on any atom is 0.416 e. The molecule has 0 spiro atoms. The summed E-state index contributed by atoms with van der Waals surface area (Å²) in [5, 5.41) is 12.5. The van der Waals surface area contributed by atoms with Crippen LogP contribution < -0.4 is 11.1 Å². The van der Waals surface area contributed by atoms with Crippen LogP contribution in [0.25, 0.3) is 11.0 Å². The second kappa shape index (κ2) is 8.46. The van der Waals surface area contributed by atoms with Crippen LogP contribution in [0.2, 0.25) is 0 Å². The topological polar surface area (TPSA) is 118 Å². The van der Waals surface area contributed by atoms with Crippen molar-refractivity contribution in [3.8, 4) is 0 Å². The number of hydrogen-bond donors (Lipinski definition) is 3. The van der Waals surface area contributed by atoms with E-state index in [1.807, 2.05) is 0 Å². The summed E-state index contributed by atoms with van der Waals surface area (Å²) in [6.07, 6.45) is -4.95. The fourth-order valence-electron chi connectivity index (χ4n) is 2.78. The Morgan fingerprint density at radius 3 is 2.30 bits per heavy atom. The number of fused-ring (bicyclic) bond motifs is 1. The van der Waals surface area contributed by atoms with E-state index < -0.39 is 35.7 Å². The Bertz CT molecular complexity index is 1070. The largest absolute Gasteiger partial charge is 0.416 e. The molecule has 4 N–H and O–H groups in total. The molecule has 0 unspecified atom stereocenters. The Morgan fingerprint density at radius 2 is 1.70 bits per heavy atom. The van der Waals surface area contributed by atoms with E-state index in [-0.39, 0.29) is 12.0 Å². The number of rotatable bonds is 6. The van der Waals surface area contributed by atoms with Crippen LogP contribution in [0, 0.1) is 0 Å². The predicted molar refractivity (Wildman–Crippen MR) is 101 cm³/mol. The fraction of sp³-hybridized carbons (Fsp3) is 0.200. The van der Waals surface area contributed by atoms with E-state index in [2.05, 4.69) is 15.3 Å². The number of alkyl halides is 3. The van der Waals surface area contributed by atoms with Crippen molar-refractivity contribution in [2.24, 2.45) is 5.73 Å². The Labute approximate surface area is 168 Å². The number of amides is 2. The molecule has 156 valence electrons.